The third-order valence-electron chi connectivity index (χ3n) is 3.83. The topological polar surface area (TPSA) is 75.2 Å². The zero-order valence-electron chi connectivity index (χ0n) is 13.3. The van der Waals surface area contributed by atoms with Crippen molar-refractivity contribution < 1.29 is 4.74 Å². The van der Waals surface area contributed by atoms with Crippen molar-refractivity contribution in [3.8, 4) is 0 Å². The average molecular weight is 290 g/mol. The third kappa shape index (κ3) is 3.73. The molecule has 1 aromatic heterocycles. The van der Waals surface area contributed by atoms with Crippen LogP contribution >= 0.6 is 0 Å². The summed E-state index contributed by atoms with van der Waals surface area (Å²) in [6.45, 7) is 8.68. The first kappa shape index (κ1) is 15.8. The van der Waals surface area contributed by atoms with E-state index in [2.05, 4.69) is 16.8 Å². The number of nitrogens with one attached hydrogen (secondary N) is 1. The number of ether oxygens (including phenoxy) is 1. The van der Waals surface area contributed by atoms with Gasteiger partial charge in [-0.3, -0.25) is 5.41 Å². The maximum atomic E-state index is 7.85. The summed E-state index contributed by atoms with van der Waals surface area (Å²) >= 11 is 0. The highest BCUT2D eigenvalue weighted by Crippen LogP contribution is 2.26. The highest BCUT2D eigenvalue weighted by molar-refractivity contribution is 6.01. The molecular formula is C16H26N4O. The van der Waals surface area contributed by atoms with Crippen LogP contribution in [0.25, 0.3) is 0 Å². The molecule has 5 nitrogen and oxygen atoms in total. The van der Waals surface area contributed by atoms with Crippen LogP contribution in [0.15, 0.2) is 6.07 Å². The maximum absolute atomic E-state index is 7.85. The summed E-state index contributed by atoms with van der Waals surface area (Å²) in [5, 5.41) is 7.85. The van der Waals surface area contributed by atoms with Gasteiger partial charge in [0, 0.05) is 25.4 Å². The van der Waals surface area contributed by atoms with Gasteiger partial charge in [0.2, 0.25) is 0 Å². The van der Waals surface area contributed by atoms with Crippen LogP contribution < -0.4 is 10.6 Å². The van der Waals surface area contributed by atoms with Crippen molar-refractivity contribution in [2.24, 2.45) is 5.73 Å². The van der Waals surface area contributed by atoms with Crippen molar-refractivity contribution >= 4 is 11.7 Å². The Balaban J connectivity index is 2.26. The lowest BCUT2D eigenvalue weighted by atomic mass is 10.0. The molecule has 1 saturated heterocycles. The molecule has 0 amide bonds. The number of piperidine rings is 1. The van der Waals surface area contributed by atoms with Gasteiger partial charge in [0.15, 0.2) is 0 Å². The van der Waals surface area contributed by atoms with E-state index in [1.807, 2.05) is 19.9 Å². The number of pyridine rings is 1. The summed E-state index contributed by atoms with van der Waals surface area (Å²) in [6.07, 6.45) is 3.47. The van der Waals surface area contributed by atoms with Crippen LogP contribution in [0.3, 0.4) is 0 Å². The molecule has 0 bridgehead atoms. The van der Waals surface area contributed by atoms with E-state index in [0.717, 1.165) is 61.6 Å². The average Bonchev–Trinajstić information content (AvgIpc) is 2.44. The van der Waals surface area contributed by atoms with Gasteiger partial charge in [0.05, 0.1) is 11.7 Å². The predicted octanol–water partition coefficient (Wildman–Crippen LogP) is 2.38. The summed E-state index contributed by atoms with van der Waals surface area (Å²) in [5.41, 5.74) is 8.51. The standard InChI is InChI=1S/C16H26N4O/c1-4-8-21-13-6-5-7-20(10-13)16-14(15(17)18)11(2)9-12(3)19-16/h9,13H,4-8,10H2,1-3H3,(H3,17,18). The van der Waals surface area contributed by atoms with Gasteiger partial charge in [-0.15, -0.1) is 0 Å². The summed E-state index contributed by atoms with van der Waals surface area (Å²) < 4.78 is 5.89. The van der Waals surface area contributed by atoms with E-state index < -0.39 is 0 Å². The van der Waals surface area contributed by atoms with Crippen LogP contribution in [0.4, 0.5) is 5.82 Å². The fraction of sp³-hybridized carbons (Fsp3) is 0.625. The Morgan fingerprint density at radius 1 is 1.52 bits per heavy atom. The predicted molar refractivity (Wildman–Crippen MR) is 86.2 cm³/mol. The number of aromatic nitrogens is 1. The molecule has 1 aliphatic heterocycles. The molecule has 0 aromatic carbocycles. The minimum absolute atomic E-state index is 0.0894. The lowest BCUT2D eigenvalue weighted by Gasteiger charge is -2.35. The van der Waals surface area contributed by atoms with Gasteiger partial charge in [-0.1, -0.05) is 6.92 Å². The monoisotopic (exact) mass is 290 g/mol. The van der Waals surface area contributed by atoms with E-state index >= 15 is 0 Å². The highest BCUT2D eigenvalue weighted by Gasteiger charge is 2.24. The normalized spacial score (nSPS) is 18.8. The number of hydrogen-bond donors (Lipinski definition) is 2. The van der Waals surface area contributed by atoms with Crippen LogP contribution in [0.2, 0.25) is 0 Å². The SMILES string of the molecule is CCCOC1CCCN(c2nc(C)cc(C)c2C(=N)N)C1. The van der Waals surface area contributed by atoms with Gasteiger partial charge in [0.1, 0.15) is 11.7 Å². The fourth-order valence-corrected chi connectivity index (χ4v) is 2.93. The van der Waals surface area contributed by atoms with Gasteiger partial charge >= 0.3 is 0 Å². The van der Waals surface area contributed by atoms with Crippen molar-refractivity contribution in [2.45, 2.75) is 46.1 Å². The van der Waals surface area contributed by atoms with Crippen LogP contribution in [0.5, 0.6) is 0 Å². The Bertz CT molecular complexity index is 515. The van der Waals surface area contributed by atoms with E-state index in [0.29, 0.717) is 0 Å². The molecule has 1 atom stereocenters. The van der Waals surface area contributed by atoms with E-state index in [1.54, 1.807) is 0 Å². The molecule has 1 aromatic rings. The zero-order valence-corrected chi connectivity index (χ0v) is 13.3. The molecule has 0 aliphatic carbocycles. The second-order valence-corrected chi connectivity index (χ2v) is 5.77. The molecule has 3 N–H and O–H groups in total. The number of hydrogen-bond acceptors (Lipinski definition) is 4. The van der Waals surface area contributed by atoms with Gasteiger partial charge in [-0.2, -0.15) is 0 Å². The number of nitrogens with two attached hydrogens (primary N) is 1. The molecule has 2 rings (SSSR count). The molecule has 2 heterocycles. The van der Waals surface area contributed by atoms with Crippen molar-refractivity contribution in [1.82, 2.24) is 4.98 Å². The Morgan fingerprint density at radius 2 is 2.29 bits per heavy atom. The molecule has 0 spiro atoms. The van der Waals surface area contributed by atoms with Gasteiger partial charge in [0.25, 0.3) is 0 Å². The van der Waals surface area contributed by atoms with Gasteiger partial charge in [-0.25, -0.2) is 4.98 Å². The highest BCUT2D eigenvalue weighted by atomic mass is 16.5. The van der Waals surface area contributed by atoms with E-state index in [1.165, 1.54) is 0 Å². The Hall–Kier alpha value is -1.62. The Kier molecular flexibility index (Phi) is 5.17. The summed E-state index contributed by atoms with van der Waals surface area (Å²) in [6, 6.07) is 1.98. The smallest absolute Gasteiger partial charge is 0.140 e. The van der Waals surface area contributed by atoms with Crippen LogP contribution in [-0.2, 0) is 4.74 Å². The minimum Gasteiger partial charge on any atom is -0.384 e. The lowest BCUT2D eigenvalue weighted by Crippen LogP contribution is -2.41. The van der Waals surface area contributed by atoms with Crippen LogP contribution in [-0.4, -0.2) is 36.6 Å². The van der Waals surface area contributed by atoms with E-state index in [4.69, 9.17) is 15.9 Å². The second-order valence-electron chi connectivity index (χ2n) is 5.77. The molecule has 1 fully saturated rings. The number of nitrogens with zero attached hydrogens (tertiary/aromatic N) is 2. The summed E-state index contributed by atoms with van der Waals surface area (Å²) in [5.74, 6) is 0.927. The molecular weight excluding hydrogens is 264 g/mol. The zero-order chi connectivity index (χ0) is 15.4. The van der Waals surface area contributed by atoms with Crippen molar-refractivity contribution in [1.29, 1.82) is 5.41 Å². The molecule has 0 radical (unpaired) electrons. The summed E-state index contributed by atoms with van der Waals surface area (Å²) in [4.78, 5) is 6.87. The minimum atomic E-state index is 0.0894. The largest absolute Gasteiger partial charge is 0.384 e. The molecule has 1 aliphatic rings. The molecule has 5 heteroatoms. The van der Waals surface area contributed by atoms with Crippen LogP contribution in [0.1, 0.15) is 43.0 Å². The number of aryl methyl sites for hydroxylation is 2. The second kappa shape index (κ2) is 6.89. The van der Waals surface area contributed by atoms with Crippen molar-refractivity contribution in [3.05, 3.63) is 22.9 Å². The van der Waals surface area contributed by atoms with Gasteiger partial charge < -0.3 is 15.4 Å². The first-order valence-electron chi connectivity index (χ1n) is 7.72. The lowest BCUT2D eigenvalue weighted by molar-refractivity contribution is 0.0439. The third-order valence-corrected chi connectivity index (χ3v) is 3.83. The van der Waals surface area contributed by atoms with Gasteiger partial charge in [-0.05, 0) is 44.7 Å². The number of rotatable bonds is 5. The van der Waals surface area contributed by atoms with E-state index in [9.17, 15) is 0 Å². The van der Waals surface area contributed by atoms with Crippen LogP contribution in [0, 0.1) is 19.3 Å². The van der Waals surface area contributed by atoms with Crippen molar-refractivity contribution in [3.63, 3.8) is 0 Å². The Morgan fingerprint density at radius 3 is 2.95 bits per heavy atom. The van der Waals surface area contributed by atoms with E-state index in [-0.39, 0.29) is 11.9 Å². The molecule has 0 saturated carbocycles. The number of anilines is 1. The molecule has 21 heavy (non-hydrogen) atoms. The molecule has 1 unspecified atom stereocenters. The molecule has 116 valence electrons. The quantitative estimate of drug-likeness (QED) is 0.645. The Labute approximate surface area is 127 Å². The van der Waals surface area contributed by atoms with Crippen molar-refractivity contribution in [2.75, 3.05) is 24.6 Å². The first-order valence-corrected chi connectivity index (χ1v) is 7.72. The number of amidine groups is 1. The first-order chi connectivity index (χ1) is 10.0. The number of nitrogen functional groups attached to an aromatic ring is 1. The fourth-order valence-electron chi connectivity index (χ4n) is 2.93. The summed E-state index contributed by atoms with van der Waals surface area (Å²) in [7, 11) is 0. The maximum Gasteiger partial charge on any atom is 0.140 e.